The van der Waals surface area contributed by atoms with Crippen LogP contribution < -0.4 is 0 Å². The van der Waals surface area contributed by atoms with Crippen LogP contribution in [-0.4, -0.2) is 49.7 Å². The summed E-state index contributed by atoms with van der Waals surface area (Å²) >= 11 is 0. The Morgan fingerprint density at radius 2 is 1.77 bits per heavy atom. The van der Waals surface area contributed by atoms with E-state index in [2.05, 4.69) is 6.07 Å². The number of benzene rings is 1. The molecule has 0 bridgehead atoms. The second-order valence-corrected chi connectivity index (χ2v) is 8.65. The summed E-state index contributed by atoms with van der Waals surface area (Å²) in [5, 5.41) is 8.94. The molecule has 1 fully saturated rings. The summed E-state index contributed by atoms with van der Waals surface area (Å²) in [6.07, 6.45) is 3.90. The Bertz CT molecular complexity index is 745. The average molecular weight is 378 g/mol. The molecule has 142 valence electrons. The first-order valence-corrected chi connectivity index (χ1v) is 10.6. The maximum absolute atomic E-state index is 12.8. The Hall–Kier alpha value is -1.91. The summed E-state index contributed by atoms with van der Waals surface area (Å²) < 4.78 is 27.1. The molecular formula is C19H27N3O3S. The van der Waals surface area contributed by atoms with Gasteiger partial charge < -0.3 is 4.90 Å². The monoisotopic (exact) mass is 377 g/mol. The third-order valence-electron chi connectivity index (χ3n) is 4.69. The number of hydrogen-bond acceptors (Lipinski definition) is 4. The van der Waals surface area contributed by atoms with E-state index in [0.29, 0.717) is 31.7 Å². The van der Waals surface area contributed by atoms with Crippen LogP contribution in [-0.2, 0) is 10.0 Å². The van der Waals surface area contributed by atoms with Gasteiger partial charge in [-0.2, -0.15) is 9.57 Å². The zero-order chi connectivity index (χ0) is 19.2. The van der Waals surface area contributed by atoms with Gasteiger partial charge in [0, 0.05) is 31.7 Å². The second kappa shape index (κ2) is 9.15. The van der Waals surface area contributed by atoms with Crippen molar-refractivity contribution in [2.24, 2.45) is 5.92 Å². The molecule has 1 unspecified atom stereocenters. The van der Waals surface area contributed by atoms with Gasteiger partial charge in [-0.3, -0.25) is 4.79 Å². The fraction of sp³-hybridized carbons (Fsp3) is 0.579. The SMILES string of the molecule is CCN(CC(C)C#N)C(=O)c1ccc(S(=O)(=O)N2CCCCCC2)cc1. The molecule has 1 aliphatic rings. The average Bonchev–Trinajstić information content (AvgIpc) is 2.95. The lowest BCUT2D eigenvalue weighted by Crippen LogP contribution is -2.34. The fourth-order valence-electron chi connectivity index (χ4n) is 3.11. The lowest BCUT2D eigenvalue weighted by molar-refractivity contribution is 0.0752. The van der Waals surface area contributed by atoms with Crippen molar-refractivity contribution in [1.82, 2.24) is 9.21 Å². The minimum atomic E-state index is -3.51. The van der Waals surface area contributed by atoms with Crippen LogP contribution in [0.15, 0.2) is 29.2 Å². The first-order valence-electron chi connectivity index (χ1n) is 9.19. The number of amides is 1. The second-order valence-electron chi connectivity index (χ2n) is 6.72. The van der Waals surface area contributed by atoms with Crippen molar-refractivity contribution >= 4 is 15.9 Å². The third-order valence-corrected chi connectivity index (χ3v) is 6.60. The molecule has 0 N–H and O–H groups in total. The fourth-order valence-corrected chi connectivity index (χ4v) is 4.63. The summed E-state index contributed by atoms with van der Waals surface area (Å²) in [6, 6.07) is 8.27. The van der Waals surface area contributed by atoms with Gasteiger partial charge in [0.25, 0.3) is 5.91 Å². The lowest BCUT2D eigenvalue weighted by atomic mass is 10.1. The Balaban J connectivity index is 2.16. The van der Waals surface area contributed by atoms with Crippen LogP contribution in [0.1, 0.15) is 49.9 Å². The van der Waals surface area contributed by atoms with Gasteiger partial charge in [0.15, 0.2) is 0 Å². The number of rotatable bonds is 6. The first kappa shape index (κ1) is 20.4. The van der Waals surface area contributed by atoms with Crippen LogP contribution in [0.2, 0.25) is 0 Å². The maximum atomic E-state index is 12.8. The molecule has 1 aromatic rings. The molecule has 1 saturated heterocycles. The van der Waals surface area contributed by atoms with E-state index in [4.69, 9.17) is 5.26 Å². The highest BCUT2D eigenvalue weighted by Crippen LogP contribution is 2.21. The quantitative estimate of drug-likeness (QED) is 0.763. The molecule has 1 amide bonds. The summed E-state index contributed by atoms with van der Waals surface area (Å²) in [7, 11) is -3.51. The molecule has 1 atom stereocenters. The van der Waals surface area contributed by atoms with Crippen molar-refractivity contribution in [3.05, 3.63) is 29.8 Å². The molecule has 1 heterocycles. The van der Waals surface area contributed by atoms with E-state index in [-0.39, 0.29) is 16.7 Å². The molecule has 0 radical (unpaired) electrons. The molecule has 1 aromatic carbocycles. The van der Waals surface area contributed by atoms with Gasteiger partial charge in [-0.05, 0) is 51.0 Å². The number of carbonyl (C=O) groups excluding carboxylic acids is 1. The lowest BCUT2D eigenvalue weighted by Gasteiger charge is -2.22. The summed E-state index contributed by atoms with van der Waals surface area (Å²) in [4.78, 5) is 14.4. The van der Waals surface area contributed by atoms with Gasteiger partial charge in [0.05, 0.1) is 16.9 Å². The molecule has 0 spiro atoms. The molecule has 7 heteroatoms. The number of carbonyl (C=O) groups is 1. The van der Waals surface area contributed by atoms with Gasteiger partial charge in [-0.25, -0.2) is 8.42 Å². The number of hydrogen-bond donors (Lipinski definition) is 0. The molecule has 0 aliphatic carbocycles. The largest absolute Gasteiger partial charge is 0.338 e. The molecule has 2 rings (SSSR count). The molecule has 6 nitrogen and oxygen atoms in total. The van der Waals surface area contributed by atoms with Crippen molar-refractivity contribution < 1.29 is 13.2 Å². The van der Waals surface area contributed by atoms with E-state index in [1.165, 1.54) is 12.1 Å². The van der Waals surface area contributed by atoms with E-state index in [9.17, 15) is 13.2 Å². The van der Waals surface area contributed by atoms with E-state index >= 15 is 0 Å². The minimum Gasteiger partial charge on any atom is -0.338 e. The molecule has 0 aromatic heterocycles. The molecular weight excluding hydrogens is 350 g/mol. The predicted molar refractivity (Wildman–Crippen MR) is 100 cm³/mol. The maximum Gasteiger partial charge on any atom is 0.253 e. The van der Waals surface area contributed by atoms with Crippen molar-refractivity contribution in [2.45, 2.75) is 44.4 Å². The van der Waals surface area contributed by atoms with Gasteiger partial charge in [0.1, 0.15) is 0 Å². The highest BCUT2D eigenvalue weighted by atomic mass is 32.2. The molecule has 0 saturated carbocycles. The van der Waals surface area contributed by atoms with Crippen molar-refractivity contribution in [3.8, 4) is 6.07 Å². The number of nitriles is 1. The summed E-state index contributed by atoms with van der Waals surface area (Å²) in [5.41, 5.74) is 0.437. The highest BCUT2D eigenvalue weighted by molar-refractivity contribution is 7.89. The van der Waals surface area contributed by atoms with Crippen LogP contribution >= 0.6 is 0 Å². The van der Waals surface area contributed by atoms with Gasteiger partial charge in [0.2, 0.25) is 10.0 Å². The van der Waals surface area contributed by atoms with Crippen molar-refractivity contribution in [1.29, 1.82) is 5.26 Å². The Labute approximate surface area is 156 Å². The van der Waals surface area contributed by atoms with E-state index < -0.39 is 10.0 Å². The van der Waals surface area contributed by atoms with Crippen LogP contribution in [0.25, 0.3) is 0 Å². The predicted octanol–water partition coefficient (Wildman–Crippen LogP) is 2.87. The van der Waals surface area contributed by atoms with Crippen LogP contribution in [0.4, 0.5) is 0 Å². The highest BCUT2D eigenvalue weighted by Gasteiger charge is 2.25. The molecule has 26 heavy (non-hydrogen) atoms. The van der Waals surface area contributed by atoms with Crippen molar-refractivity contribution in [2.75, 3.05) is 26.2 Å². The van der Waals surface area contributed by atoms with E-state index in [1.54, 1.807) is 28.3 Å². The Morgan fingerprint density at radius 3 is 2.27 bits per heavy atom. The zero-order valence-electron chi connectivity index (χ0n) is 15.5. The van der Waals surface area contributed by atoms with Gasteiger partial charge >= 0.3 is 0 Å². The zero-order valence-corrected chi connectivity index (χ0v) is 16.3. The number of nitrogens with zero attached hydrogens (tertiary/aromatic N) is 3. The topological polar surface area (TPSA) is 81.5 Å². The number of sulfonamides is 1. The minimum absolute atomic E-state index is 0.187. The standard InChI is InChI=1S/C19H27N3O3S/c1-3-21(15-16(2)14-20)19(23)17-8-10-18(11-9-17)26(24,25)22-12-6-4-5-7-13-22/h8-11,16H,3-7,12-13,15H2,1-2H3. The first-order chi connectivity index (χ1) is 12.4. The van der Waals surface area contributed by atoms with Crippen molar-refractivity contribution in [3.63, 3.8) is 0 Å². The van der Waals surface area contributed by atoms with E-state index in [1.807, 2.05) is 6.92 Å². The van der Waals surface area contributed by atoms with Gasteiger partial charge in [-0.1, -0.05) is 12.8 Å². The van der Waals surface area contributed by atoms with Crippen LogP contribution in [0, 0.1) is 17.2 Å². The van der Waals surface area contributed by atoms with Crippen LogP contribution in [0.5, 0.6) is 0 Å². The molecule has 1 aliphatic heterocycles. The Kier molecular flexibility index (Phi) is 7.18. The smallest absolute Gasteiger partial charge is 0.253 e. The van der Waals surface area contributed by atoms with Crippen LogP contribution in [0.3, 0.4) is 0 Å². The Morgan fingerprint density at radius 1 is 1.19 bits per heavy atom. The van der Waals surface area contributed by atoms with Gasteiger partial charge in [-0.15, -0.1) is 0 Å². The summed E-state index contributed by atoms with van der Waals surface area (Å²) in [6.45, 7) is 5.60. The van der Waals surface area contributed by atoms with E-state index in [0.717, 1.165) is 25.7 Å². The summed E-state index contributed by atoms with van der Waals surface area (Å²) in [5.74, 6) is -0.435. The third kappa shape index (κ3) is 4.83. The normalized spacial score (nSPS) is 17.1.